The average molecular weight is 428 g/mol. The first-order chi connectivity index (χ1) is 14.1. The Morgan fingerprint density at radius 3 is 2.76 bits per heavy atom. The second-order valence-corrected chi connectivity index (χ2v) is 8.01. The first-order valence-electron chi connectivity index (χ1n) is 9.18. The Kier molecular flexibility index (Phi) is 5.87. The third-order valence-corrected chi connectivity index (χ3v) is 5.83. The zero-order chi connectivity index (χ0) is 20.2. The van der Waals surface area contributed by atoms with Crippen LogP contribution >= 0.6 is 23.4 Å². The number of aromatic nitrogens is 2. The summed E-state index contributed by atoms with van der Waals surface area (Å²) in [6.07, 6.45) is 6.22. The van der Waals surface area contributed by atoms with Gasteiger partial charge in [-0.05, 0) is 54.5 Å². The third-order valence-electron chi connectivity index (χ3n) is 4.46. The Morgan fingerprint density at radius 2 is 1.93 bits per heavy atom. The van der Waals surface area contributed by atoms with Crippen molar-refractivity contribution in [2.45, 2.75) is 17.9 Å². The van der Waals surface area contributed by atoms with Gasteiger partial charge in [0.15, 0.2) is 5.76 Å². The summed E-state index contributed by atoms with van der Waals surface area (Å²) in [5.74, 6) is 0.515. The zero-order valence-electron chi connectivity index (χ0n) is 15.5. The van der Waals surface area contributed by atoms with Crippen LogP contribution in [0.25, 0.3) is 11.7 Å². The lowest BCUT2D eigenvalue weighted by atomic mass is 10.2. The minimum absolute atomic E-state index is 0.0403. The highest BCUT2D eigenvalue weighted by Gasteiger charge is 2.35. The maximum absolute atomic E-state index is 12.5. The monoisotopic (exact) mass is 427 g/mol. The molecule has 4 rings (SSSR count). The summed E-state index contributed by atoms with van der Waals surface area (Å²) in [6.45, 7) is 0.339. The van der Waals surface area contributed by atoms with E-state index in [-0.39, 0.29) is 5.76 Å². The van der Waals surface area contributed by atoms with Crippen molar-refractivity contribution in [3.63, 3.8) is 0 Å². The molecule has 148 valence electrons. The van der Waals surface area contributed by atoms with Gasteiger partial charge in [-0.3, -0.25) is 9.20 Å². The molecule has 0 aliphatic carbocycles. The summed E-state index contributed by atoms with van der Waals surface area (Å²) in [6, 6.07) is 13.0. The summed E-state index contributed by atoms with van der Waals surface area (Å²) >= 11 is 7.58. The van der Waals surface area contributed by atoms with E-state index >= 15 is 0 Å². The van der Waals surface area contributed by atoms with Crippen molar-refractivity contribution in [3.8, 4) is 0 Å². The molecule has 0 bridgehead atoms. The molecule has 0 radical (unpaired) electrons. The predicted molar refractivity (Wildman–Crippen MR) is 113 cm³/mol. The average Bonchev–Trinajstić information content (AvgIpc) is 3.30. The van der Waals surface area contributed by atoms with Crippen LogP contribution in [0.4, 0.5) is 4.79 Å². The van der Waals surface area contributed by atoms with Crippen LogP contribution in [-0.2, 0) is 9.53 Å². The quantitative estimate of drug-likeness (QED) is 0.305. The largest absolute Gasteiger partial charge is 0.422 e. The zero-order valence-corrected chi connectivity index (χ0v) is 17.0. The fourth-order valence-electron chi connectivity index (χ4n) is 2.99. The van der Waals surface area contributed by atoms with Gasteiger partial charge in [-0.1, -0.05) is 29.8 Å². The van der Waals surface area contributed by atoms with E-state index in [0.717, 1.165) is 33.3 Å². The van der Waals surface area contributed by atoms with Gasteiger partial charge >= 0.3 is 6.09 Å². The van der Waals surface area contributed by atoms with Gasteiger partial charge in [0, 0.05) is 24.0 Å². The molecule has 3 aromatic rings. The highest BCUT2D eigenvalue weighted by Crippen LogP contribution is 2.23. The van der Waals surface area contributed by atoms with E-state index in [1.807, 2.05) is 22.7 Å². The number of ether oxygens (including phenoxy) is 1. The number of hydrogen-bond donors (Lipinski definition) is 0. The molecule has 1 aliphatic heterocycles. The number of pyridine rings is 1. The molecule has 6 nitrogen and oxygen atoms in total. The van der Waals surface area contributed by atoms with Gasteiger partial charge in [0.05, 0.1) is 5.03 Å². The van der Waals surface area contributed by atoms with E-state index in [0.29, 0.717) is 18.0 Å². The first-order valence-corrected chi connectivity index (χ1v) is 10.5. The SMILES string of the molecule is O=C1O/C(=C\c2ccc(Cl)cc2)C(=O)N1CCCCSc1cccc2nccn12. The fourth-order valence-corrected chi connectivity index (χ4v) is 4.14. The first kappa shape index (κ1) is 19.5. The van der Waals surface area contributed by atoms with E-state index in [4.69, 9.17) is 16.3 Å². The standard InChI is InChI=1S/C21H18ClN3O3S/c22-16-8-6-15(7-9-16)14-17-20(26)25(21(27)28-17)11-1-2-13-29-19-5-3-4-18-23-10-12-24(18)19/h3-10,12,14H,1-2,11,13H2/b17-14-. The molecule has 29 heavy (non-hydrogen) atoms. The highest BCUT2D eigenvalue weighted by atomic mass is 35.5. The molecule has 0 atom stereocenters. The van der Waals surface area contributed by atoms with Crippen LogP contribution in [-0.4, -0.2) is 38.6 Å². The fraction of sp³-hybridized carbons (Fsp3) is 0.190. The number of halogens is 1. The number of imidazole rings is 1. The van der Waals surface area contributed by atoms with Crippen molar-refractivity contribution in [1.29, 1.82) is 0 Å². The van der Waals surface area contributed by atoms with Gasteiger partial charge in [-0.25, -0.2) is 14.7 Å². The summed E-state index contributed by atoms with van der Waals surface area (Å²) in [7, 11) is 0. The minimum Gasteiger partial charge on any atom is -0.404 e. The van der Waals surface area contributed by atoms with Crippen LogP contribution < -0.4 is 0 Å². The third kappa shape index (κ3) is 4.46. The number of cyclic esters (lactones) is 1. The van der Waals surface area contributed by atoms with Gasteiger partial charge in [-0.2, -0.15) is 0 Å². The number of hydrogen-bond acceptors (Lipinski definition) is 5. The number of nitrogens with zero attached hydrogens (tertiary/aromatic N) is 3. The lowest BCUT2D eigenvalue weighted by Crippen LogP contribution is -2.29. The van der Waals surface area contributed by atoms with Crippen molar-refractivity contribution in [2.24, 2.45) is 0 Å². The molecule has 0 saturated carbocycles. The second-order valence-electron chi connectivity index (χ2n) is 6.46. The number of thioether (sulfide) groups is 1. The highest BCUT2D eigenvalue weighted by molar-refractivity contribution is 7.99. The smallest absolute Gasteiger partial charge is 0.404 e. The Hall–Kier alpha value is -2.77. The molecular formula is C21H18ClN3O3S. The van der Waals surface area contributed by atoms with Crippen LogP contribution in [0.1, 0.15) is 18.4 Å². The molecule has 0 N–H and O–H groups in total. The maximum Gasteiger partial charge on any atom is 0.422 e. The number of carbonyl (C=O) groups excluding carboxylic acids is 2. The Labute approximate surface area is 177 Å². The van der Waals surface area contributed by atoms with Crippen molar-refractivity contribution in [2.75, 3.05) is 12.3 Å². The number of benzene rings is 1. The van der Waals surface area contributed by atoms with E-state index in [1.54, 1.807) is 48.3 Å². The molecule has 0 spiro atoms. The number of rotatable bonds is 7. The van der Waals surface area contributed by atoms with Crippen molar-refractivity contribution >= 4 is 47.1 Å². The normalized spacial score (nSPS) is 15.5. The van der Waals surface area contributed by atoms with Gasteiger partial charge in [0.2, 0.25) is 0 Å². The van der Waals surface area contributed by atoms with Crippen molar-refractivity contribution < 1.29 is 14.3 Å². The molecular weight excluding hydrogens is 410 g/mol. The van der Waals surface area contributed by atoms with E-state index in [1.165, 1.54) is 0 Å². The number of fused-ring (bicyclic) bond motifs is 1. The minimum atomic E-state index is -0.619. The number of unbranched alkanes of at least 4 members (excludes halogenated alkanes) is 1. The molecule has 1 aromatic carbocycles. The van der Waals surface area contributed by atoms with E-state index in [9.17, 15) is 9.59 Å². The Balaban J connectivity index is 1.28. The molecule has 1 saturated heterocycles. The van der Waals surface area contributed by atoms with Crippen molar-refractivity contribution in [3.05, 3.63) is 71.2 Å². The second kappa shape index (κ2) is 8.71. The van der Waals surface area contributed by atoms with Gasteiger partial charge in [0.25, 0.3) is 5.91 Å². The van der Waals surface area contributed by atoms with E-state index < -0.39 is 12.0 Å². The van der Waals surface area contributed by atoms with Crippen LogP contribution in [0.15, 0.2) is 65.6 Å². The van der Waals surface area contributed by atoms with Gasteiger partial charge in [0.1, 0.15) is 5.65 Å². The van der Waals surface area contributed by atoms with Gasteiger partial charge in [-0.15, -0.1) is 11.8 Å². The molecule has 2 amide bonds. The summed E-state index contributed by atoms with van der Waals surface area (Å²) in [5, 5.41) is 1.72. The van der Waals surface area contributed by atoms with E-state index in [2.05, 4.69) is 11.1 Å². The summed E-state index contributed by atoms with van der Waals surface area (Å²) in [5.41, 5.74) is 1.66. The lowest BCUT2D eigenvalue weighted by Gasteiger charge is -2.10. The molecule has 1 aliphatic rings. The Bertz CT molecular complexity index is 1080. The van der Waals surface area contributed by atoms with Crippen LogP contribution in [0.5, 0.6) is 0 Å². The lowest BCUT2D eigenvalue weighted by molar-refractivity contribution is -0.123. The number of carbonyl (C=O) groups is 2. The summed E-state index contributed by atoms with van der Waals surface area (Å²) < 4.78 is 7.18. The Morgan fingerprint density at radius 1 is 1.10 bits per heavy atom. The van der Waals surface area contributed by atoms with Gasteiger partial charge < -0.3 is 4.74 Å². The molecule has 0 unspecified atom stereocenters. The molecule has 1 fully saturated rings. The number of imide groups is 1. The van der Waals surface area contributed by atoms with Crippen molar-refractivity contribution in [1.82, 2.24) is 14.3 Å². The van der Waals surface area contributed by atoms with Crippen LogP contribution in [0.3, 0.4) is 0 Å². The molecule has 8 heteroatoms. The van der Waals surface area contributed by atoms with Crippen LogP contribution in [0.2, 0.25) is 5.02 Å². The maximum atomic E-state index is 12.5. The topological polar surface area (TPSA) is 63.9 Å². The summed E-state index contributed by atoms with van der Waals surface area (Å²) in [4.78, 5) is 29.9. The predicted octanol–water partition coefficient (Wildman–Crippen LogP) is 4.88. The molecule has 2 aromatic heterocycles. The number of amides is 2. The van der Waals surface area contributed by atoms with Crippen LogP contribution in [0, 0.1) is 0 Å². The molecule has 3 heterocycles.